The van der Waals surface area contributed by atoms with Gasteiger partial charge in [-0.2, -0.15) is 8.42 Å². The Morgan fingerprint density at radius 2 is 2.00 bits per heavy atom. The van der Waals surface area contributed by atoms with Crippen molar-refractivity contribution in [2.24, 2.45) is 11.5 Å². The summed E-state index contributed by atoms with van der Waals surface area (Å²) in [6, 6.07) is 1.91. The fourth-order valence-corrected chi connectivity index (χ4v) is 4.21. The molecule has 3 rings (SSSR count). The number of nitrogens with one attached hydrogen (secondary N) is 1. The number of amides is 3. The van der Waals surface area contributed by atoms with Gasteiger partial charge in [-0.3, -0.25) is 14.1 Å². The third kappa shape index (κ3) is 4.68. The van der Waals surface area contributed by atoms with Crippen LogP contribution in [0.2, 0.25) is 0 Å². The van der Waals surface area contributed by atoms with E-state index in [2.05, 4.69) is 5.32 Å². The molecule has 0 spiro atoms. The molecule has 6 N–H and O–H groups in total. The van der Waals surface area contributed by atoms with Crippen molar-refractivity contribution in [3.8, 4) is 5.75 Å². The maximum atomic E-state index is 13.1. The van der Waals surface area contributed by atoms with Gasteiger partial charge >= 0.3 is 35.7 Å². The van der Waals surface area contributed by atoms with Gasteiger partial charge < -0.3 is 26.4 Å². The number of carbonyl (C=O) groups excluding carboxylic acids is 3. The number of aryl methyl sites for hydroxylation is 1. The SMILES string of the molecule is Cc1ccc2c(c1OC(N)=O)NC(S(=O)(=O)O)C1CC(/C=C/C(N)=O)=CN1C2=O.[Na+]. The summed E-state index contributed by atoms with van der Waals surface area (Å²) < 4.78 is 39.0. The van der Waals surface area contributed by atoms with Crippen LogP contribution >= 0.6 is 0 Å². The van der Waals surface area contributed by atoms with Crippen LogP contribution in [0.4, 0.5) is 10.5 Å². The largest absolute Gasteiger partial charge is 1.00 e. The summed E-state index contributed by atoms with van der Waals surface area (Å²) in [5.74, 6) is -1.42. The average Bonchev–Trinajstić information content (AvgIpc) is 2.97. The molecule has 2 aliphatic heterocycles. The number of ether oxygens (including phenoxy) is 1. The minimum Gasteiger partial charge on any atom is -0.408 e. The number of carbonyl (C=O) groups is 3. The number of hydrogen-bond donors (Lipinski definition) is 4. The predicted octanol–water partition coefficient (Wildman–Crippen LogP) is -2.76. The van der Waals surface area contributed by atoms with Gasteiger partial charge in [0.05, 0.1) is 17.3 Å². The quantitative estimate of drug-likeness (QED) is 0.218. The molecule has 0 bridgehead atoms. The molecule has 3 amide bonds. The number of nitrogens with two attached hydrogens (primary N) is 2. The summed E-state index contributed by atoms with van der Waals surface area (Å²) in [5.41, 5.74) is 11.0. The molecule has 0 aliphatic carbocycles. The van der Waals surface area contributed by atoms with Crippen molar-refractivity contribution < 1.29 is 61.6 Å². The molecule has 1 aromatic rings. The Labute approximate surface area is 194 Å². The molecule has 0 aromatic heterocycles. The first-order valence-electron chi connectivity index (χ1n) is 8.33. The Morgan fingerprint density at radius 1 is 1.33 bits per heavy atom. The standard InChI is InChI=1S/C17H18N4O7S.Na/c1-8-2-4-10-13(14(8)28-17(19)24)20-15(29(25,26)27)11-6-9(3-5-12(18)22)7-21(11)16(10)23;/h2-5,7,11,15,20H,6H2,1H3,(H2,18,22)(H2,19,24)(H,25,26,27);/q;+1/b5-3+;. The Morgan fingerprint density at radius 3 is 2.57 bits per heavy atom. The zero-order valence-corrected chi connectivity index (χ0v) is 19.0. The summed E-state index contributed by atoms with van der Waals surface area (Å²) in [6.07, 6.45) is 2.68. The maximum Gasteiger partial charge on any atom is 1.00 e. The molecule has 2 aliphatic rings. The molecule has 2 atom stereocenters. The van der Waals surface area contributed by atoms with E-state index in [0.29, 0.717) is 11.1 Å². The molecular formula is C17H18N4NaO7S+. The van der Waals surface area contributed by atoms with Crippen molar-refractivity contribution in [1.29, 1.82) is 0 Å². The van der Waals surface area contributed by atoms with Crippen LogP contribution in [0.15, 0.2) is 36.1 Å². The molecule has 0 saturated carbocycles. The van der Waals surface area contributed by atoms with Gasteiger partial charge in [-0.25, -0.2) is 4.79 Å². The number of rotatable bonds is 4. The van der Waals surface area contributed by atoms with E-state index in [1.807, 2.05) is 0 Å². The van der Waals surface area contributed by atoms with Crippen molar-refractivity contribution >= 4 is 33.7 Å². The summed E-state index contributed by atoms with van der Waals surface area (Å²) >= 11 is 0. The van der Waals surface area contributed by atoms with E-state index in [1.165, 1.54) is 24.4 Å². The van der Waals surface area contributed by atoms with Crippen LogP contribution in [0.5, 0.6) is 5.75 Å². The molecule has 2 heterocycles. The Balaban J connectivity index is 0.00000320. The van der Waals surface area contributed by atoms with Crippen LogP contribution in [0.25, 0.3) is 0 Å². The van der Waals surface area contributed by atoms with Crippen molar-refractivity contribution in [2.75, 3.05) is 5.32 Å². The Hall–Kier alpha value is -2.38. The summed E-state index contributed by atoms with van der Waals surface area (Å²) in [5, 5.41) is 0.981. The van der Waals surface area contributed by atoms with E-state index in [1.54, 1.807) is 6.92 Å². The van der Waals surface area contributed by atoms with Crippen molar-refractivity contribution in [2.45, 2.75) is 24.8 Å². The second kappa shape index (κ2) is 8.78. The number of nitrogens with zero attached hydrogens (tertiary/aromatic N) is 1. The van der Waals surface area contributed by atoms with Crippen molar-refractivity contribution in [3.05, 3.63) is 47.2 Å². The third-order valence-electron chi connectivity index (χ3n) is 4.55. The topological polar surface area (TPSA) is 182 Å². The van der Waals surface area contributed by atoms with Crippen LogP contribution < -0.4 is 51.1 Å². The Bertz CT molecular complexity index is 1080. The molecule has 0 saturated heterocycles. The number of anilines is 1. The fraction of sp³-hybridized carbons (Fsp3) is 0.235. The van der Waals surface area contributed by atoms with E-state index >= 15 is 0 Å². The number of hydrogen-bond acceptors (Lipinski definition) is 7. The van der Waals surface area contributed by atoms with E-state index in [-0.39, 0.29) is 53.0 Å². The Kier molecular flexibility index (Phi) is 6.99. The minimum absolute atomic E-state index is 0. The molecule has 30 heavy (non-hydrogen) atoms. The third-order valence-corrected chi connectivity index (χ3v) is 5.62. The van der Waals surface area contributed by atoms with Gasteiger partial charge in [0.25, 0.3) is 16.0 Å². The molecule has 0 radical (unpaired) electrons. The second-order valence-electron chi connectivity index (χ2n) is 6.56. The molecule has 1 aromatic carbocycles. The molecule has 154 valence electrons. The normalized spacial score (nSPS) is 20.4. The smallest absolute Gasteiger partial charge is 0.408 e. The average molecular weight is 445 g/mol. The number of benzene rings is 1. The number of allylic oxidation sites excluding steroid dienone is 1. The first kappa shape index (κ1) is 23.9. The minimum atomic E-state index is -4.71. The van der Waals surface area contributed by atoms with Crippen LogP contribution in [0, 0.1) is 6.92 Å². The zero-order valence-electron chi connectivity index (χ0n) is 16.2. The van der Waals surface area contributed by atoms with Gasteiger partial charge in [-0.05, 0) is 30.5 Å². The monoisotopic (exact) mass is 445 g/mol. The summed E-state index contributed by atoms with van der Waals surface area (Å²) in [6.45, 7) is 1.58. The molecule has 11 nitrogen and oxygen atoms in total. The fourth-order valence-electron chi connectivity index (χ4n) is 3.32. The van der Waals surface area contributed by atoms with Gasteiger partial charge in [0.15, 0.2) is 11.1 Å². The maximum absolute atomic E-state index is 13.1. The van der Waals surface area contributed by atoms with Crippen LogP contribution in [0.3, 0.4) is 0 Å². The van der Waals surface area contributed by atoms with Gasteiger partial charge in [-0.15, -0.1) is 0 Å². The van der Waals surface area contributed by atoms with Crippen molar-refractivity contribution in [3.63, 3.8) is 0 Å². The zero-order chi connectivity index (χ0) is 21.5. The number of fused-ring (bicyclic) bond motifs is 2. The van der Waals surface area contributed by atoms with Gasteiger partial charge in [0.2, 0.25) is 5.91 Å². The van der Waals surface area contributed by atoms with Crippen LogP contribution in [-0.4, -0.2) is 47.2 Å². The molecule has 13 heteroatoms. The first-order valence-corrected chi connectivity index (χ1v) is 9.84. The molecular weight excluding hydrogens is 427 g/mol. The van der Waals surface area contributed by atoms with Gasteiger partial charge in [0, 0.05) is 12.3 Å². The van der Waals surface area contributed by atoms with E-state index in [9.17, 15) is 27.4 Å². The van der Waals surface area contributed by atoms with Crippen molar-refractivity contribution in [1.82, 2.24) is 4.90 Å². The van der Waals surface area contributed by atoms with E-state index < -0.39 is 39.4 Å². The van der Waals surface area contributed by atoms with E-state index in [4.69, 9.17) is 16.2 Å². The summed E-state index contributed by atoms with van der Waals surface area (Å²) in [4.78, 5) is 36.5. The molecule has 2 unspecified atom stereocenters. The summed E-state index contributed by atoms with van der Waals surface area (Å²) in [7, 11) is -4.71. The van der Waals surface area contributed by atoms with Gasteiger partial charge in [-0.1, -0.05) is 12.1 Å². The number of primary amides is 2. The first-order chi connectivity index (χ1) is 13.5. The van der Waals surface area contributed by atoms with Gasteiger partial charge in [0.1, 0.15) is 0 Å². The predicted molar refractivity (Wildman–Crippen MR) is 101 cm³/mol. The molecule has 0 fully saturated rings. The van der Waals surface area contributed by atoms with E-state index in [0.717, 1.165) is 11.0 Å². The van der Waals surface area contributed by atoms with Crippen LogP contribution in [0.1, 0.15) is 22.3 Å². The van der Waals surface area contributed by atoms with Crippen LogP contribution in [-0.2, 0) is 14.9 Å². The second-order valence-corrected chi connectivity index (χ2v) is 8.10.